The summed E-state index contributed by atoms with van der Waals surface area (Å²) in [6, 6.07) is 22.5. The SMILES string of the molecule is C#Cc1c2ccc([nH]2)c(-c2cc(C(C)(C)C)cc(C(C)(C)C)c2)c2nc(c(C#CO[Si](C(C)C)(C(C)C)C(C)C)c3nc(c(-c4cc(C(C)(C)C)cc(C(C)(C)C)c4)c4ccc1[nH]4)C=C3)C=C2. The first-order chi connectivity index (χ1) is 31.1. The molecule has 6 heteroatoms. The highest BCUT2D eigenvalue weighted by Gasteiger charge is 2.47. The number of benzene rings is 2. The second-order valence-electron chi connectivity index (χ2n) is 23.9. The summed E-state index contributed by atoms with van der Waals surface area (Å²) in [6.45, 7) is 41.1. The maximum absolute atomic E-state index is 6.94. The van der Waals surface area contributed by atoms with Gasteiger partial charge in [-0.3, -0.25) is 0 Å². The average Bonchev–Trinajstić information content (AvgIpc) is 4.07. The maximum Gasteiger partial charge on any atom is 0.272 e. The van der Waals surface area contributed by atoms with E-state index in [2.05, 4.69) is 238 Å². The van der Waals surface area contributed by atoms with Gasteiger partial charge in [0.05, 0.1) is 44.9 Å². The molecule has 5 heterocycles. The van der Waals surface area contributed by atoms with Crippen molar-refractivity contribution in [3.8, 4) is 46.6 Å². The molecular formula is C61H74N4OSi. The summed E-state index contributed by atoms with van der Waals surface area (Å²) < 4.78 is 6.94. The molecule has 5 nitrogen and oxygen atoms in total. The van der Waals surface area contributed by atoms with Crippen molar-refractivity contribution in [3.05, 3.63) is 117 Å². The highest BCUT2D eigenvalue weighted by atomic mass is 28.4. The van der Waals surface area contributed by atoms with Crippen molar-refractivity contribution < 1.29 is 4.43 Å². The standard InChI is InChI=1S/C61H74N4OSi/c1-20-46-48-21-25-52(62-48)56(40-31-42(58(8,9)10)35-43(32-40)59(11,12)13)54-27-23-50(64-54)47(29-30-66-67(37(2)3,38(4)5)39(6)7)51-24-28-55(65-51)57(53-26-22-49(46)63-53)41-33-44(60(14,15)16)36-45(34-41)61(17,18)19/h1,21-28,31-39,62-63H,2-19H3. The van der Waals surface area contributed by atoms with E-state index in [9.17, 15) is 0 Å². The Hall–Kier alpha value is -5.82. The first kappa shape index (κ1) is 49.1. The smallest absolute Gasteiger partial charge is 0.272 e. The fraction of sp³-hybridized carbons (Fsp3) is 0.410. The van der Waals surface area contributed by atoms with Gasteiger partial charge in [-0.05, 0) is 126 Å². The molecule has 0 saturated carbocycles. The van der Waals surface area contributed by atoms with Gasteiger partial charge in [-0.15, -0.1) is 6.42 Å². The van der Waals surface area contributed by atoms with Crippen molar-refractivity contribution in [2.75, 3.05) is 0 Å². The Morgan fingerprint density at radius 3 is 1.12 bits per heavy atom. The molecule has 2 aliphatic heterocycles. The molecule has 0 spiro atoms. The molecule has 0 aliphatic carbocycles. The summed E-state index contributed by atoms with van der Waals surface area (Å²) in [6.07, 6.45) is 18.2. The highest BCUT2D eigenvalue weighted by molar-refractivity contribution is 6.77. The summed E-state index contributed by atoms with van der Waals surface area (Å²) in [7, 11) is -2.34. The molecule has 2 aliphatic rings. The molecule has 2 aromatic carbocycles. The van der Waals surface area contributed by atoms with E-state index in [-0.39, 0.29) is 21.7 Å². The third-order valence-corrected chi connectivity index (χ3v) is 19.8. The molecule has 0 fully saturated rings. The Morgan fingerprint density at radius 1 is 0.478 bits per heavy atom. The van der Waals surface area contributed by atoms with E-state index in [4.69, 9.17) is 20.8 Å². The van der Waals surface area contributed by atoms with Crippen LogP contribution in [0.2, 0.25) is 16.6 Å². The van der Waals surface area contributed by atoms with Crippen LogP contribution in [0.4, 0.5) is 0 Å². The van der Waals surface area contributed by atoms with Gasteiger partial charge in [-0.2, -0.15) is 0 Å². The molecule has 5 aromatic rings. The van der Waals surface area contributed by atoms with Gasteiger partial charge in [-0.1, -0.05) is 167 Å². The van der Waals surface area contributed by atoms with Gasteiger partial charge in [0.15, 0.2) is 0 Å². The van der Waals surface area contributed by atoms with Crippen LogP contribution in [0.1, 0.15) is 181 Å². The Morgan fingerprint density at radius 2 is 0.806 bits per heavy atom. The Labute approximate surface area is 403 Å². The first-order valence-electron chi connectivity index (χ1n) is 24.3. The number of nitrogens with one attached hydrogen (secondary N) is 2. The zero-order valence-corrected chi connectivity index (χ0v) is 44.7. The molecule has 0 atom stereocenters. The van der Waals surface area contributed by atoms with Crippen LogP contribution in [0.5, 0.6) is 0 Å². The van der Waals surface area contributed by atoms with Crippen molar-refractivity contribution in [3.63, 3.8) is 0 Å². The second-order valence-corrected chi connectivity index (χ2v) is 29.3. The summed E-state index contributed by atoms with van der Waals surface area (Å²) in [5, 5.41) is 0. The first-order valence-corrected chi connectivity index (χ1v) is 26.4. The van der Waals surface area contributed by atoms with Crippen LogP contribution in [0, 0.1) is 24.4 Å². The molecule has 7 rings (SSSR count). The van der Waals surface area contributed by atoms with E-state index in [1.807, 2.05) is 0 Å². The molecule has 0 radical (unpaired) electrons. The van der Waals surface area contributed by atoms with Gasteiger partial charge in [0.1, 0.15) is 6.11 Å². The van der Waals surface area contributed by atoms with E-state index in [0.29, 0.717) is 16.6 Å². The predicted octanol–water partition coefficient (Wildman–Crippen LogP) is 16.7. The molecule has 0 saturated heterocycles. The fourth-order valence-electron chi connectivity index (χ4n) is 9.89. The third kappa shape index (κ3) is 9.66. The summed E-state index contributed by atoms with van der Waals surface area (Å²) in [5.74, 6) is 6.62. The van der Waals surface area contributed by atoms with E-state index in [1.165, 1.54) is 22.3 Å². The van der Waals surface area contributed by atoms with Crippen LogP contribution in [-0.2, 0) is 26.1 Å². The van der Waals surface area contributed by atoms with E-state index < -0.39 is 8.32 Å². The molecular weight excluding hydrogens is 833 g/mol. The van der Waals surface area contributed by atoms with Crippen molar-refractivity contribution in [1.82, 2.24) is 19.9 Å². The third-order valence-electron chi connectivity index (χ3n) is 13.9. The minimum Gasteiger partial charge on any atom is -0.499 e. The Kier molecular flexibility index (Phi) is 13.0. The van der Waals surface area contributed by atoms with Gasteiger partial charge in [0.25, 0.3) is 8.32 Å². The van der Waals surface area contributed by atoms with Crippen molar-refractivity contribution >= 4 is 54.7 Å². The van der Waals surface area contributed by atoms with E-state index in [0.717, 1.165) is 78.2 Å². The second kappa shape index (κ2) is 17.7. The highest BCUT2D eigenvalue weighted by Crippen LogP contribution is 2.43. The Balaban J connectivity index is 1.68. The lowest BCUT2D eigenvalue weighted by Crippen LogP contribution is -2.46. The molecule has 2 N–H and O–H groups in total. The van der Waals surface area contributed by atoms with Crippen LogP contribution >= 0.6 is 0 Å². The van der Waals surface area contributed by atoms with Crippen LogP contribution in [0.15, 0.2) is 60.7 Å². The number of rotatable bonds is 6. The number of nitrogens with zero attached hydrogens (tertiary/aromatic N) is 2. The molecule has 348 valence electrons. The minimum atomic E-state index is -2.34. The lowest BCUT2D eigenvalue weighted by atomic mass is 9.78. The van der Waals surface area contributed by atoms with Gasteiger partial charge >= 0.3 is 0 Å². The zero-order chi connectivity index (χ0) is 49.2. The minimum absolute atomic E-state index is 0.0907. The van der Waals surface area contributed by atoms with Crippen molar-refractivity contribution in [1.29, 1.82) is 0 Å². The molecule has 3 aromatic heterocycles. The van der Waals surface area contributed by atoms with Gasteiger partial charge < -0.3 is 14.4 Å². The number of aromatic nitrogens is 4. The maximum atomic E-state index is 6.94. The fourth-order valence-corrected chi connectivity index (χ4v) is 14.8. The van der Waals surface area contributed by atoms with E-state index >= 15 is 0 Å². The molecule has 0 amide bonds. The van der Waals surface area contributed by atoms with Crippen LogP contribution in [0.3, 0.4) is 0 Å². The predicted molar refractivity (Wildman–Crippen MR) is 291 cm³/mol. The van der Waals surface area contributed by atoms with Crippen molar-refractivity contribution in [2.24, 2.45) is 0 Å². The van der Waals surface area contributed by atoms with Crippen molar-refractivity contribution in [2.45, 2.75) is 163 Å². The number of hydrogen-bond donors (Lipinski definition) is 2. The number of H-pyrrole nitrogens is 2. The Bertz CT molecular complexity index is 2820. The zero-order valence-electron chi connectivity index (χ0n) is 43.7. The van der Waals surface area contributed by atoms with Crippen LogP contribution in [0.25, 0.3) is 68.6 Å². The van der Waals surface area contributed by atoms with Crippen LogP contribution in [-0.4, -0.2) is 28.3 Å². The summed E-state index contributed by atoms with van der Waals surface area (Å²) in [5.41, 5.74) is 18.1. The number of aromatic amines is 2. The quantitative estimate of drug-likeness (QED) is 0.129. The van der Waals surface area contributed by atoms with Gasteiger partial charge in [-0.25, -0.2) is 9.97 Å². The summed E-state index contributed by atoms with van der Waals surface area (Å²) in [4.78, 5) is 18.6. The topological polar surface area (TPSA) is 66.6 Å². The normalized spacial score (nSPS) is 13.4. The largest absolute Gasteiger partial charge is 0.499 e. The van der Waals surface area contributed by atoms with Crippen LogP contribution < -0.4 is 0 Å². The molecule has 0 unspecified atom stereocenters. The monoisotopic (exact) mass is 907 g/mol. The average molecular weight is 907 g/mol. The molecule has 67 heavy (non-hydrogen) atoms. The lowest BCUT2D eigenvalue weighted by molar-refractivity contribution is 0.447. The van der Waals surface area contributed by atoms with E-state index in [1.54, 1.807) is 0 Å². The summed E-state index contributed by atoms with van der Waals surface area (Å²) >= 11 is 0. The lowest BCUT2D eigenvalue weighted by Gasteiger charge is -2.39. The molecule has 8 bridgehead atoms. The number of hydrogen-bond acceptors (Lipinski definition) is 3. The number of terminal acetylenes is 1. The van der Waals surface area contributed by atoms with Gasteiger partial charge in [0.2, 0.25) is 0 Å². The number of fused-ring (bicyclic) bond motifs is 8. The van der Waals surface area contributed by atoms with Gasteiger partial charge in [0, 0.05) is 22.2 Å².